The van der Waals surface area contributed by atoms with E-state index in [1.807, 2.05) is 25.1 Å². The summed E-state index contributed by atoms with van der Waals surface area (Å²) in [6.45, 7) is 12.1. The number of benzene rings is 1. The SMILES string of the molecule is C=C(/C=C(/Cl)c1nc(-c2ccc(C)cc2P)n(-c2ccncc2)c1C)N1CCNCC1. The molecule has 3 aromatic rings. The van der Waals surface area contributed by atoms with Crippen LogP contribution in [0.1, 0.15) is 17.0 Å². The van der Waals surface area contributed by atoms with E-state index in [0.29, 0.717) is 5.03 Å². The lowest BCUT2D eigenvalue weighted by Crippen LogP contribution is -2.42. The summed E-state index contributed by atoms with van der Waals surface area (Å²) in [6, 6.07) is 10.3. The molecule has 1 saturated heterocycles. The summed E-state index contributed by atoms with van der Waals surface area (Å²) >= 11 is 6.82. The van der Waals surface area contributed by atoms with E-state index in [9.17, 15) is 0 Å². The smallest absolute Gasteiger partial charge is 0.146 e. The summed E-state index contributed by atoms with van der Waals surface area (Å²) < 4.78 is 2.14. The minimum atomic E-state index is 0.590. The van der Waals surface area contributed by atoms with Gasteiger partial charge in [-0.1, -0.05) is 41.9 Å². The lowest BCUT2D eigenvalue weighted by molar-refractivity contribution is 0.308. The first kappa shape index (κ1) is 21.8. The predicted octanol–water partition coefficient (Wildman–Crippen LogP) is 4.05. The van der Waals surface area contributed by atoms with Gasteiger partial charge in [0.2, 0.25) is 0 Å². The lowest BCUT2D eigenvalue weighted by Gasteiger charge is -2.29. The molecular formula is C24H27ClN5P. The number of aryl methyl sites for hydroxylation is 1. The van der Waals surface area contributed by atoms with Crippen molar-refractivity contribution in [2.75, 3.05) is 26.2 Å². The molecule has 1 unspecified atom stereocenters. The van der Waals surface area contributed by atoms with Crippen LogP contribution in [0.5, 0.6) is 0 Å². The second kappa shape index (κ2) is 9.35. The summed E-state index contributed by atoms with van der Waals surface area (Å²) in [5, 5.41) is 5.05. The van der Waals surface area contributed by atoms with Gasteiger partial charge in [0.1, 0.15) is 11.5 Å². The van der Waals surface area contributed by atoms with E-state index in [-0.39, 0.29) is 0 Å². The van der Waals surface area contributed by atoms with Crippen LogP contribution in [0.4, 0.5) is 0 Å². The van der Waals surface area contributed by atoms with Crippen molar-refractivity contribution in [3.05, 3.63) is 78.0 Å². The van der Waals surface area contributed by atoms with Crippen molar-refractivity contribution in [1.82, 2.24) is 24.8 Å². The third-order valence-corrected chi connectivity index (χ3v) is 6.29. The van der Waals surface area contributed by atoms with Gasteiger partial charge in [0, 0.05) is 55.5 Å². The molecule has 2 aromatic heterocycles. The topological polar surface area (TPSA) is 46.0 Å². The van der Waals surface area contributed by atoms with Crippen molar-refractivity contribution in [3.63, 3.8) is 0 Å². The number of hydrogen-bond donors (Lipinski definition) is 1. The van der Waals surface area contributed by atoms with Gasteiger partial charge in [-0.25, -0.2) is 4.98 Å². The van der Waals surface area contributed by atoms with E-state index in [0.717, 1.165) is 65.6 Å². The summed E-state index contributed by atoms with van der Waals surface area (Å²) in [7, 11) is 2.83. The van der Waals surface area contributed by atoms with Gasteiger partial charge in [-0.05, 0) is 37.4 Å². The Balaban J connectivity index is 1.81. The fourth-order valence-corrected chi connectivity index (χ4v) is 4.65. The van der Waals surface area contributed by atoms with Gasteiger partial charge in [-0.15, -0.1) is 9.24 Å². The summed E-state index contributed by atoms with van der Waals surface area (Å²) in [6.07, 6.45) is 5.51. The Kier molecular flexibility index (Phi) is 6.57. The number of piperazine rings is 1. The second-order valence-electron chi connectivity index (χ2n) is 7.72. The molecule has 7 heteroatoms. The fraction of sp³-hybridized carbons (Fsp3) is 0.250. The number of rotatable bonds is 5. The highest BCUT2D eigenvalue weighted by atomic mass is 35.5. The van der Waals surface area contributed by atoms with Crippen LogP contribution in [0.2, 0.25) is 0 Å². The highest BCUT2D eigenvalue weighted by Crippen LogP contribution is 2.32. The molecule has 4 rings (SSSR count). The average molecular weight is 452 g/mol. The van der Waals surface area contributed by atoms with E-state index in [1.54, 1.807) is 12.4 Å². The third-order valence-electron chi connectivity index (χ3n) is 5.52. The fourth-order valence-electron chi connectivity index (χ4n) is 3.86. The molecule has 1 fully saturated rings. The quantitative estimate of drug-likeness (QED) is 0.469. The minimum absolute atomic E-state index is 0.590. The molecule has 1 atom stereocenters. The molecular weight excluding hydrogens is 425 g/mol. The maximum Gasteiger partial charge on any atom is 0.146 e. The molecule has 1 aliphatic rings. The highest BCUT2D eigenvalue weighted by molar-refractivity contribution is 7.28. The number of pyridine rings is 1. The summed E-state index contributed by atoms with van der Waals surface area (Å²) in [5.74, 6) is 0.850. The monoisotopic (exact) mass is 451 g/mol. The first-order chi connectivity index (χ1) is 15.0. The number of nitrogens with one attached hydrogen (secondary N) is 1. The van der Waals surface area contributed by atoms with Gasteiger partial charge >= 0.3 is 0 Å². The first-order valence-electron chi connectivity index (χ1n) is 10.3. The molecule has 0 spiro atoms. The Labute approximate surface area is 191 Å². The Bertz CT molecular complexity index is 1130. The van der Waals surface area contributed by atoms with Crippen LogP contribution in [-0.4, -0.2) is 45.6 Å². The maximum absolute atomic E-state index is 6.82. The molecule has 0 saturated carbocycles. The van der Waals surface area contributed by atoms with Crippen LogP contribution < -0.4 is 10.6 Å². The van der Waals surface area contributed by atoms with Crippen LogP contribution in [0, 0.1) is 13.8 Å². The van der Waals surface area contributed by atoms with Gasteiger partial charge in [-0.2, -0.15) is 0 Å². The van der Waals surface area contributed by atoms with Gasteiger partial charge in [0.15, 0.2) is 0 Å². The molecule has 31 heavy (non-hydrogen) atoms. The number of halogens is 1. The zero-order chi connectivity index (χ0) is 22.0. The van der Waals surface area contributed by atoms with Crippen molar-refractivity contribution in [3.8, 4) is 17.1 Å². The maximum atomic E-state index is 6.82. The molecule has 1 N–H and O–H groups in total. The van der Waals surface area contributed by atoms with Crippen molar-refractivity contribution < 1.29 is 0 Å². The van der Waals surface area contributed by atoms with Crippen molar-refractivity contribution in [2.24, 2.45) is 0 Å². The van der Waals surface area contributed by atoms with Crippen LogP contribution in [0.3, 0.4) is 0 Å². The average Bonchev–Trinajstić information content (AvgIpc) is 3.12. The second-order valence-corrected chi connectivity index (χ2v) is 8.75. The van der Waals surface area contributed by atoms with Gasteiger partial charge in [0.05, 0.1) is 10.7 Å². The normalized spacial score (nSPS) is 14.7. The molecule has 0 amide bonds. The molecule has 0 bridgehead atoms. The number of hydrogen-bond acceptors (Lipinski definition) is 4. The van der Waals surface area contributed by atoms with E-state index in [4.69, 9.17) is 16.6 Å². The summed E-state index contributed by atoms with van der Waals surface area (Å²) in [4.78, 5) is 11.4. The minimum Gasteiger partial charge on any atom is -0.369 e. The van der Waals surface area contributed by atoms with Crippen LogP contribution in [0.15, 0.2) is 61.1 Å². The Morgan fingerprint density at radius 3 is 2.55 bits per heavy atom. The van der Waals surface area contributed by atoms with Crippen molar-refractivity contribution >= 4 is 31.2 Å². The molecule has 0 radical (unpaired) electrons. The molecule has 160 valence electrons. The predicted molar refractivity (Wildman–Crippen MR) is 133 cm³/mol. The van der Waals surface area contributed by atoms with Gasteiger partial charge < -0.3 is 10.2 Å². The number of nitrogens with zero attached hydrogens (tertiary/aromatic N) is 4. The molecule has 0 aliphatic carbocycles. The molecule has 1 aromatic carbocycles. The van der Waals surface area contributed by atoms with Crippen molar-refractivity contribution in [1.29, 1.82) is 0 Å². The molecule has 3 heterocycles. The highest BCUT2D eigenvalue weighted by Gasteiger charge is 2.21. The van der Waals surface area contributed by atoms with E-state index < -0.39 is 0 Å². The number of imidazole rings is 1. The lowest BCUT2D eigenvalue weighted by atomic mass is 10.1. The zero-order valence-corrected chi connectivity index (χ0v) is 19.8. The standard InChI is InChI=1S/C24H27ClN5P/c1-16-4-5-20(22(31)14-16)24-28-23(18(3)30(24)19-6-8-26-9-7-19)21(25)15-17(2)29-12-10-27-11-13-29/h4-9,14-15,27H,2,10-13,31H2,1,3H3/b21-15+. The first-order valence-corrected chi connectivity index (χ1v) is 11.3. The van der Waals surface area contributed by atoms with Gasteiger partial charge in [0.25, 0.3) is 0 Å². The summed E-state index contributed by atoms with van der Waals surface area (Å²) in [5.41, 5.74) is 5.89. The number of aromatic nitrogens is 3. The van der Waals surface area contributed by atoms with Crippen LogP contribution in [-0.2, 0) is 0 Å². The zero-order valence-electron chi connectivity index (χ0n) is 17.9. The van der Waals surface area contributed by atoms with Crippen molar-refractivity contribution in [2.45, 2.75) is 13.8 Å². The van der Waals surface area contributed by atoms with Gasteiger partial charge in [-0.3, -0.25) is 9.55 Å². The third kappa shape index (κ3) is 4.59. The largest absolute Gasteiger partial charge is 0.369 e. The molecule has 5 nitrogen and oxygen atoms in total. The Morgan fingerprint density at radius 1 is 1.16 bits per heavy atom. The van der Waals surface area contributed by atoms with E-state index in [1.165, 1.54) is 5.56 Å². The Morgan fingerprint density at radius 2 is 1.87 bits per heavy atom. The van der Waals surface area contributed by atoms with Crippen LogP contribution in [0.25, 0.3) is 22.1 Å². The van der Waals surface area contributed by atoms with E-state index in [2.05, 4.69) is 60.7 Å². The van der Waals surface area contributed by atoms with E-state index >= 15 is 0 Å². The molecule has 1 aliphatic heterocycles. The number of allylic oxidation sites excluding steroid dienone is 1. The Hall–Kier alpha value is -2.46. The van der Waals surface area contributed by atoms with Crippen LogP contribution >= 0.6 is 20.8 Å².